The largest absolute Gasteiger partial charge is 0.491 e. The Morgan fingerprint density at radius 3 is 2.88 bits per heavy atom. The van der Waals surface area contributed by atoms with Crippen molar-refractivity contribution >= 4 is 21.8 Å². The second-order valence-corrected chi connectivity index (χ2v) is 4.43. The van der Waals surface area contributed by atoms with Crippen LogP contribution in [0.25, 0.3) is 0 Å². The molecule has 0 aromatic heterocycles. The number of halogens is 1. The van der Waals surface area contributed by atoms with Crippen molar-refractivity contribution in [3.05, 3.63) is 28.2 Å². The Labute approximate surface area is 110 Å². The van der Waals surface area contributed by atoms with Gasteiger partial charge in [0.1, 0.15) is 12.4 Å². The number of amides is 1. The van der Waals surface area contributed by atoms with E-state index in [0.717, 1.165) is 19.5 Å². The Morgan fingerprint density at radius 2 is 2.24 bits per heavy atom. The second-order valence-electron chi connectivity index (χ2n) is 3.58. The molecule has 0 heterocycles. The first kappa shape index (κ1) is 14.0. The number of hydrogen-bond acceptors (Lipinski definition) is 3. The van der Waals surface area contributed by atoms with Crippen LogP contribution in [-0.4, -0.2) is 25.6 Å². The molecule has 0 aliphatic carbocycles. The van der Waals surface area contributed by atoms with E-state index in [1.807, 2.05) is 6.07 Å². The molecule has 0 aliphatic rings. The second kappa shape index (κ2) is 7.29. The Balaban J connectivity index is 2.58. The third-order valence-electron chi connectivity index (χ3n) is 2.18. The fraction of sp³-hybridized carbons (Fsp3) is 0.417. The van der Waals surface area contributed by atoms with Gasteiger partial charge < -0.3 is 15.8 Å². The number of hydrogen-bond donors (Lipinski definition) is 2. The lowest BCUT2D eigenvalue weighted by Gasteiger charge is -2.11. The summed E-state index contributed by atoms with van der Waals surface area (Å²) < 4.78 is 6.19. The summed E-state index contributed by atoms with van der Waals surface area (Å²) in [6.07, 6.45) is 1.09. The van der Waals surface area contributed by atoms with Crippen molar-refractivity contribution in [2.24, 2.45) is 5.73 Å². The fourth-order valence-electron chi connectivity index (χ4n) is 1.40. The average molecular weight is 301 g/mol. The summed E-state index contributed by atoms with van der Waals surface area (Å²) in [6, 6.07) is 5.32. The first-order valence-corrected chi connectivity index (χ1v) is 6.38. The minimum absolute atomic E-state index is 0.392. The van der Waals surface area contributed by atoms with Gasteiger partial charge in [0.2, 0.25) is 0 Å². The predicted octanol–water partition coefficient (Wildman–Crippen LogP) is 1.93. The third kappa shape index (κ3) is 4.36. The number of rotatable bonds is 7. The molecule has 0 saturated carbocycles. The number of carbonyl (C=O) groups excluding carboxylic acids is 1. The van der Waals surface area contributed by atoms with Crippen LogP contribution < -0.4 is 15.8 Å². The van der Waals surface area contributed by atoms with E-state index in [9.17, 15) is 4.79 Å². The van der Waals surface area contributed by atoms with Gasteiger partial charge >= 0.3 is 0 Å². The van der Waals surface area contributed by atoms with Crippen LogP contribution in [0.3, 0.4) is 0 Å². The van der Waals surface area contributed by atoms with Gasteiger partial charge in [-0.2, -0.15) is 0 Å². The topological polar surface area (TPSA) is 64.3 Å². The number of benzene rings is 1. The molecule has 0 spiro atoms. The highest BCUT2D eigenvalue weighted by molar-refractivity contribution is 9.10. The van der Waals surface area contributed by atoms with Gasteiger partial charge in [0.15, 0.2) is 0 Å². The van der Waals surface area contributed by atoms with Crippen LogP contribution in [-0.2, 0) is 0 Å². The van der Waals surface area contributed by atoms with E-state index in [1.165, 1.54) is 0 Å². The molecular weight excluding hydrogens is 284 g/mol. The summed E-state index contributed by atoms with van der Waals surface area (Å²) in [4.78, 5) is 11.3. The smallest absolute Gasteiger partial charge is 0.253 e. The maximum absolute atomic E-state index is 11.3. The van der Waals surface area contributed by atoms with Gasteiger partial charge in [0.05, 0.1) is 5.56 Å². The highest BCUT2D eigenvalue weighted by atomic mass is 79.9. The average Bonchev–Trinajstić information content (AvgIpc) is 2.28. The fourth-order valence-corrected chi connectivity index (χ4v) is 1.94. The van der Waals surface area contributed by atoms with Crippen LogP contribution >= 0.6 is 15.9 Å². The van der Waals surface area contributed by atoms with E-state index >= 15 is 0 Å². The van der Waals surface area contributed by atoms with Gasteiger partial charge in [-0.25, -0.2) is 0 Å². The van der Waals surface area contributed by atoms with Crippen molar-refractivity contribution in [1.29, 1.82) is 0 Å². The summed E-state index contributed by atoms with van der Waals surface area (Å²) in [5.41, 5.74) is 5.69. The van der Waals surface area contributed by atoms with Crippen LogP contribution in [0, 0.1) is 0 Å². The van der Waals surface area contributed by atoms with Gasteiger partial charge in [-0.3, -0.25) is 4.79 Å². The highest BCUT2D eigenvalue weighted by Gasteiger charge is 2.12. The minimum Gasteiger partial charge on any atom is -0.491 e. The SMILES string of the molecule is CCCNCCOc1cccc(Br)c1C(N)=O. The van der Waals surface area contributed by atoms with E-state index in [1.54, 1.807) is 12.1 Å². The first-order chi connectivity index (χ1) is 8.16. The van der Waals surface area contributed by atoms with Crippen LogP contribution in [0.1, 0.15) is 23.7 Å². The number of primary amides is 1. The monoisotopic (exact) mass is 300 g/mol. The van der Waals surface area contributed by atoms with E-state index in [-0.39, 0.29) is 0 Å². The van der Waals surface area contributed by atoms with Crippen molar-refractivity contribution in [3.63, 3.8) is 0 Å². The third-order valence-corrected chi connectivity index (χ3v) is 2.85. The van der Waals surface area contributed by atoms with Gasteiger partial charge in [-0.15, -0.1) is 0 Å². The van der Waals surface area contributed by atoms with E-state index in [4.69, 9.17) is 10.5 Å². The molecule has 0 radical (unpaired) electrons. The van der Waals surface area contributed by atoms with Crippen LogP contribution in [0.15, 0.2) is 22.7 Å². The molecule has 17 heavy (non-hydrogen) atoms. The normalized spacial score (nSPS) is 10.2. The zero-order valence-corrected chi connectivity index (χ0v) is 11.4. The Kier molecular flexibility index (Phi) is 6.00. The first-order valence-electron chi connectivity index (χ1n) is 5.58. The van der Waals surface area contributed by atoms with Crippen molar-refractivity contribution in [3.8, 4) is 5.75 Å². The van der Waals surface area contributed by atoms with Gasteiger partial charge in [0.25, 0.3) is 5.91 Å². The number of nitrogens with one attached hydrogen (secondary N) is 1. The molecule has 94 valence electrons. The zero-order chi connectivity index (χ0) is 12.7. The molecule has 3 N–H and O–H groups in total. The molecule has 5 heteroatoms. The lowest BCUT2D eigenvalue weighted by atomic mass is 10.2. The van der Waals surface area contributed by atoms with E-state index in [0.29, 0.717) is 22.4 Å². The molecule has 1 aromatic carbocycles. The number of carbonyl (C=O) groups is 1. The Bertz CT molecular complexity index is 383. The molecule has 0 bridgehead atoms. The minimum atomic E-state index is -0.492. The lowest BCUT2D eigenvalue weighted by molar-refractivity contribution is 0.0995. The Hall–Kier alpha value is -1.07. The van der Waals surface area contributed by atoms with E-state index < -0.39 is 5.91 Å². The zero-order valence-electron chi connectivity index (χ0n) is 9.83. The molecule has 0 aliphatic heterocycles. The lowest BCUT2D eigenvalue weighted by Crippen LogP contribution is -2.22. The molecule has 4 nitrogen and oxygen atoms in total. The van der Waals surface area contributed by atoms with Crippen molar-refractivity contribution < 1.29 is 9.53 Å². The van der Waals surface area contributed by atoms with Gasteiger partial charge in [-0.1, -0.05) is 13.0 Å². The summed E-state index contributed by atoms with van der Waals surface area (Å²) in [5.74, 6) is 0.0270. The highest BCUT2D eigenvalue weighted by Crippen LogP contribution is 2.26. The summed E-state index contributed by atoms with van der Waals surface area (Å²) in [7, 11) is 0. The number of ether oxygens (including phenoxy) is 1. The summed E-state index contributed by atoms with van der Waals surface area (Å²) in [6.45, 7) is 4.33. The standard InChI is InChI=1S/C12H17BrN2O2/c1-2-6-15-7-8-17-10-5-3-4-9(13)11(10)12(14)16/h3-5,15H,2,6-8H2,1H3,(H2,14,16). The molecule has 0 atom stereocenters. The maximum Gasteiger partial charge on any atom is 0.253 e. The predicted molar refractivity (Wildman–Crippen MR) is 71.3 cm³/mol. The van der Waals surface area contributed by atoms with Gasteiger partial charge in [-0.05, 0) is 41.0 Å². The summed E-state index contributed by atoms with van der Waals surface area (Å²) >= 11 is 3.29. The summed E-state index contributed by atoms with van der Waals surface area (Å²) in [5, 5.41) is 3.22. The van der Waals surface area contributed by atoms with Crippen LogP contribution in [0.5, 0.6) is 5.75 Å². The Morgan fingerprint density at radius 1 is 1.47 bits per heavy atom. The molecular formula is C12H17BrN2O2. The van der Waals surface area contributed by atoms with Crippen molar-refractivity contribution in [1.82, 2.24) is 5.32 Å². The van der Waals surface area contributed by atoms with Crippen molar-refractivity contribution in [2.45, 2.75) is 13.3 Å². The number of nitrogens with two attached hydrogens (primary N) is 1. The van der Waals surface area contributed by atoms with Crippen LogP contribution in [0.4, 0.5) is 0 Å². The molecule has 1 aromatic rings. The molecule has 0 fully saturated rings. The van der Waals surface area contributed by atoms with Crippen LogP contribution in [0.2, 0.25) is 0 Å². The molecule has 1 rings (SSSR count). The maximum atomic E-state index is 11.3. The van der Waals surface area contributed by atoms with E-state index in [2.05, 4.69) is 28.2 Å². The molecule has 0 saturated heterocycles. The molecule has 0 unspecified atom stereocenters. The van der Waals surface area contributed by atoms with Gasteiger partial charge in [0, 0.05) is 11.0 Å². The quantitative estimate of drug-likeness (QED) is 0.756. The van der Waals surface area contributed by atoms with Crippen molar-refractivity contribution in [2.75, 3.05) is 19.7 Å². The molecule has 1 amide bonds.